The molecule has 0 amide bonds. The van der Waals surface area contributed by atoms with Crippen molar-refractivity contribution in [2.75, 3.05) is 13.6 Å². The Hall–Kier alpha value is -1.44. The third-order valence-electron chi connectivity index (χ3n) is 4.55. The Bertz CT molecular complexity index is 717. The Kier molecular flexibility index (Phi) is 4.99. The highest BCUT2D eigenvalue weighted by molar-refractivity contribution is 7.87. The smallest absolute Gasteiger partial charge is 0.279 e. The van der Waals surface area contributed by atoms with Gasteiger partial charge in [-0.15, -0.1) is 0 Å². The molecule has 1 aliphatic rings. The summed E-state index contributed by atoms with van der Waals surface area (Å²) < 4.78 is 30.9. The molecule has 7 heteroatoms. The van der Waals surface area contributed by atoms with Crippen LogP contribution in [0.2, 0.25) is 0 Å². The van der Waals surface area contributed by atoms with Crippen LogP contribution in [-0.4, -0.2) is 41.7 Å². The SMILES string of the molecule is CN(C1CCCCC1)S(=O)(=O)NCCc1cn2ccccc2n1. The van der Waals surface area contributed by atoms with E-state index in [1.807, 2.05) is 35.0 Å². The van der Waals surface area contributed by atoms with Gasteiger partial charge in [-0.1, -0.05) is 25.3 Å². The largest absolute Gasteiger partial charge is 0.307 e. The van der Waals surface area contributed by atoms with E-state index in [1.165, 1.54) is 10.7 Å². The third-order valence-corrected chi connectivity index (χ3v) is 6.17. The molecule has 0 unspecified atom stereocenters. The number of nitrogens with zero attached hydrogens (tertiary/aromatic N) is 3. The van der Waals surface area contributed by atoms with Gasteiger partial charge in [-0.2, -0.15) is 12.7 Å². The van der Waals surface area contributed by atoms with Crippen molar-refractivity contribution in [1.82, 2.24) is 18.4 Å². The molecule has 2 heterocycles. The van der Waals surface area contributed by atoms with Crippen LogP contribution in [0, 0.1) is 0 Å². The van der Waals surface area contributed by atoms with Crippen LogP contribution in [0.4, 0.5) is 0 Å². The second kappa shape index (κ2) is 6.98. The van der Waals surface area contributed by atoms with Gasteiger partial charge in [-0.05, 0) is 25.0 Å². The molecule has 1 N–H and O–H groups in total. The molecule has 126 valence electrons. The predicted molar refractivity (Wildman–Crippen MR) is 90.5 cm³/mol. The van der Waals surface area contributed by atoms with Gasteiger partial charge in [0.25, 0.3) is 10.2 Å². The lowest BCUT2D eigenvalue weighted by Crippen LogP contribution is -2.45. The number of aromatic nitrogens is 2. The average Bonchev–Trinajstić information content (AvgIpc) is 2.97. The number of fused-ring (bicyclic) bond motifs is 1. The van der Waals surface area contributed by atoms with Crippen molar-refractivity contribution in [3.63, 3.8) is 0 Å². The Labute approximate surface area is 137 Å². The number of pyridine rings is 1. The van der Waals surface area contributed by atoms with E-state index in [-0.39, 0.29) is 6.04 Å². The Morgan fingerprint density at radius 3 is 2.83 bits per heavy atom. The number of imidazole rings is 1. The van der Waals surface area contributed by atoms with Gasteiger partial charge in [-0.25, -0.2) is 9.71 Å². The molecule has 0 spiro atoms. The lowest BCUT2D eigenvalue weighted by molar-refractivity contribution is 0.283. The summed E-state index contributed by atoms with van der Waals surface area (Å²) in [4.78, 5) is 4.48. The molecular formula is C16H24N4O2S. The van der Waals surface area contributed by atoms with Crippen LogP contribution in [0.1, 0.15) is 37.8 Å². The molecule has 1 fully saturated rings. The molecule has 0 saturated heterocycles. The fourth-order valence-electron chi connectivity index (χ4n) is 3.16. The first-order chi connectivity index (χ1) is 11.1. The molecule has 0 atom stereocenters. The zero-order chi connectivity index (χ0) is 16.3. The third kappa shape index (κ3) is 3.91. The van der Waals surface area contributed by atoms with E-state index >= 15 is 0 Å². The van der Waals surface area contributed by atoms with Crippen molar-refractivity contribution >= 4 is 15.9 Å². The van der Waals surface area contributed by atoms with Gasteiger partial charge in [-0.3, -0.25) is 0 Å². The van der Waals surface area contributed by atoms with E-state index in [9.17, 15) is 8.42 Å². The van der Waals surface area contributed by atoms with Crippen LogP contribution in [0.5, 0.6) is 0 Å². The summed E-state index contributed by atoms with van der Waals surface area (Å²) >= 11 is 0. The minimum Gasteiger partial charge on any atom is -0.307 e. The van der Waals surface area contributed by atoms with Crippen LogP contribution in [0.3, 0.4) is 0 Å². The lowest BCUT2D eigenvalue weighted by atomic mass is 9.96. The molecule has 2 aromatic heterocycles. The molecule has 3 rings (SSSR count). The maximum atomic E-state index is 12.4. The zero-order valence-corrected chi connectivity index (χ0v) is 14.3. The van der Waals surface area contributed by atoms with E-state index in [1.54, 1.807) is 7.05 Å². The van der Waals surface area contributed by atoms with Gasteiger partial charge in [0.1, 0.15) is 5.65 Å². The zero-order valence-electron chi connectivity index (χ0n) is 13.5. The average molecular weight is 336 g/mol. The minimum atomic E-state index is -3.41. The fourth-order valence-corrected chi connectivity index (χ4v) is 4.33. The van der Waals surface area contributed by atoms with E-state index in [4.69, 9.17) is 0 Å². The topological polar surface area (TPSA) is 66.7 Å². The number of hydrogen-bond acceptors (Lipinski definition) is 3. The summed E-state index contributed by atoms with van der Waals surface area (Å²) in [6.45, 7) is 0.364. The monoisotopic (exact) mass is 336 g/mol. The summed E-state index contributed by atoms with van der Waals surface area (Å²) in [5.41, 5.74) is 1.77. The molecule has 1 aliphatic carbocycles. The molecular weight excluding hydrogens is 312 g/mol. The Morgan fingerprint density at radius 2 is 2.09 bits per heavy atom. The van der Waals surface area contributed by atoms with Crippen LogP contribution < -0.4 is 4.72 Å². The van der Waals surface area contributed by atoms with E-state index in [0.717, 1.165) is 37.0 Å². The van der Waals surface area contributed by atoms with Crippen molar-refractivity contribution in [2.24, 2.45) is 0 Å². The van der Waals surface area contributed by atoms with Crippen molar-refractivity contribution in [3.8, 4) is 0 Å². The van der Waals surface area contributed by atoms with Crippen molar-refractivity contribution < 1.29 is 8.42 Å². The lowest BCUT2D eigenvalue weighted by Gasteiger charge is -2.30. The minimum absolute atomic E-state index is 0.136. The first kappa shape index (κ1) is 16.4. The Balaban J connectivity index is 1.56. The second-order valence-corrected chi connectivity index (χ2v) is 7.97. The molecule has 0 aliphatic heterocycles. The van der Waals surface area contributed by atoms with E-state index in [2.05, 4.69) is 9.71 Å². The van der Waals surface area contributed by atoms with Crippen molar-refractivity contribution in [1.29, 1.82) is 0 Å². The molecule has 0 radical (unpaired) electrons. The van der Waals surface area contributed by atoms with Gasteiger partial charge < -0.3 is 4.40 Å². The highest BCUT2D eigenvalue weighted by Crippen LogP contribution is 2.22. The van der Waals surface area contributed by atoms with E-state index in [0.29, 0.717) is 13.0 Å². The summed E-state index contributed by atoms with van der Waals surface area (Å²) in [7, 11) is -1.73. The van der Waals surface area contributed by atoms with Gasteiger partial charge in [0.05, 0.1) is 5.69 Å². The first-order valence-corrected chi connectivity index (χ1v) is 9.65. The van der Waals surface area contributed by atoms with Gasteiger partial charge in [0, 0.05) is 38.4 Å². The van der Waals surface area contributed by atoms with Crippen LogP contribution in [0.25, 0.3) is 5.65 Å². The van der Waals surface area contributed by atoms with Crippen LogP contribution in [-0.2, 0) is 16.6 Å². The number of nitrogens with one attached hydrogen (secondary N) is 1. The van der Waals surface area contributed by atoms with Gasteiger partial charge in [0.15, 0.2) is 0 Å². The van der Waals surface area contributed by atoms with Crippen LogP contribution >= 0.6 is 0 Å². The second-order valence-electron chi connectivity index (χ2n) is 6.16. The summed E-state index contributed by atoms with van der Waals surface area (Å²) in [5, 5.41) is 0. The van der Waals surface area contributed by atoms with Crippen molar-refractivity contribution in [3.05, 3.63) is 36.3 Å². The molecule has 0 aromatic carbocycles. The molecule has 0 bridgehead atoms. The maximum Gasteiger partial charge on any atom is 0.279 e. The predicted octanol–water partition coefficient (Wildman–Crippen LogP) is 1.98. The molecule has 1 saturated carbocycles. The first-order valence-electron chi connectivity index (χ1n) is 8.21. The maximum absolute atomic E-state index is 12.4. The van der Waals surface area contributed by atoms with E-state index < -0.39 is 10.2 Å². The highest BCUT2D eigenvalue weighted by atomic mass is 32.2. The summed E-state index contributed by atoms with van der Waals surface area (Å²) in [6, 6.07) is 5.95. The van der Waals surface area contributed by atoms with Gasteiger partial charge >= 0.3 is 0 Å². The quantitative estimate of drug-likeness (QED) is 0.877. The number of rotatable bonds is 6. The summed E-state index contributed by atoms with van der Waals surface area (Å²) in [6.07, 6.45) is 9.83. The fraction of sp³-hybridized carbons (Fsp3) is 0.562. The molecule has 23 heavy (non-hydrogen) atoms. The molecule has 2 aromatic rings. The Morgan fingerprint density at radius 1 is 1.30 bits per heavy atom. The van der Waals surface area contributed by atoms with Gasteiger partial charge in [0.2, 0.25) is 0 Å². The number of hydrogen-bond donors (Lipinski definition) is 1. The molecule has 6 nitrogen and oxygen atoms in total. The normalized spacial score (nSPS) is 17.1. The highest BCUT2D eigenvalue weighted by Gasteiger charge is 2.27. The van der Waals surface area contributed by atoms with Crippen molar-refractivity contribution in [2.45, 2.75) is 44.6 Å². The summed E-state index contributed by atoms with van der Waals surface area (Å²) in [5.74, 6) is 0. The standard InChI is InChI=1S/C16H24N4O2S/c1-19(15-7-3-2-4-8-15)23(21,22)17-11-10-14-13-20-12-6-5-9-16(20)18-14/h5-6,9,12-13,15,17H,2-4,7-8,10-11H2,1H3. The van der Waals surface area contributed by atoms with Crippen LogP contribution in [0.15, 0.2) is 30.6 Å².